The number of pyridine rings is 1. The summed E-state index contributed by atoms with van der Waals surface area (Å²) in [5.74, 6) is 1.88. The third-order valence-electron chi connectivity index (χ3n) is 5.06. The van der Waals surface area contributed by atoms with Gasteiger partial charge in [0.25, 0.3) is 5.91 Å². The molecule has 1 aromatic heterocycles. The third-order valence-corrected chi connectivity index (χ3v) is 5.06. The summed E-state index contributed by atoms with van der Waals surface area (Å²) in [6.45, 7) is 0.393. The van der Waals surface area contributed by atoms with Crippen LogP contribution in [0.1, 0.15) is 22.7 Å². The second-order valence-corrected chi connectivity index (χ2v) is 7.16. The van der Waals surface area contributed by atoms with E-state index in [0.717, 1.165) is 22.6 Å². The molecule has 1 heterocycles. The van der Waals surface area contributed by atoms with Gasteiger partial charge in [-0.05, 0) is 41.3 Å². The highest BCUT2D eigenvalue weighted by molar-refractivity contribution is 5.95. The van der Waals surface area contributed by atoms with Crippen LogP contribution in [-0.4, -0.2) is 41.9 Å². The minimum atomic E-state index is -0.535. The van der Waals surface area contributed by atoms with Crippen LogP contribution >= 0.6 is 0 Å². The van der Waals surface area contributed by atoms with Crippen LogP contribution < -0.4 is 10.1 Å². The Balaban J connectivity index is 1.78. The van der Waals surface area contributed by atoms with Gasteiger partial charge in [0.15, 0.2) is 0 Å². The highest BCUT2D eigenvalue weighted by atomic mass is 16.5. The number of rotatable bonds is 9. The Kier molecular flexibility index (Phi) is 7.99. The van der Waals surface area contributed by atoms with Gasteiger partial charge in [0.2, 0.25) is 5.91 Å². The molecule has 6 nitrogen and oxygen atoms in total. The summed E-state index contributed by atoms with van der Waals surface area (Å²) in [4.78, 5) is 30.6. The van der Waals surface area contributed by atoms with Crippen LogP contribution in [-0.2, 0) is 16.1 Å². The van der Waals surface area contributed by atoms with Crippen molar-refractivity contribution in [1.82, 2.24) is 15.2 Å². The van der Waals surface area contributed by atoms with Gasteiger partial charge in [0.1, 0.15) is 12.3 Å². The van der Waals surface area contributed by atoms with E-state index in [1.54, 1.807) is 13.3 Å². The summed E-state index contributed by atoms with van der Waals surface area (Å²) >= 11 is 0. The zero-order chi connectivity index (χ0) is 22.8. The van der Waals surface area contributed by atoms with Gasteiger partial charge in [-0.3, -0.25) is 14.6 Å². The molecule has 2 amide bonds. The number of amides is 2. The molecule has 1 atom stereocenters. The summed E-state index contributed by atoms with van der Waals surface area (Å²) in [7, 11) is 1.61. The minimum Gasteiger partial charge on any atom is -0.497 e. The fourth-order valence-corrected chi connectivity index (χ4v) is 3.38. The molecular weight excluding hydrogens is 402 g/mol. The summed E-state index contributed by atoms with van der Waals surface area (Å²) < 4.78 is 5.26. The summed E-state index contributed by atoms with van der Waals surface area (Å²) in [5, 5.41) is 2.80. The second kappa shape index (κ2) is 11.3. The van der Waals surface area contributed by atoms with E-state index in [1.807, 2.05) is 72.8 Å². The third kappa shape index (κ3) is 6.19. The maximum atomic E-state index is 12.6. The zero-order valence-electron chi connectivity index (χ0n) is 17.9. The van der Waals surface area contributed by atoms with Crippen molar-refractivity contribution in [2.75, 3.05) is 20.2 Å². The molecule has 32 heavy (non-hydrogen) atoms. The molecule has 1 unspecified atom stereocenters. The topological polar surface area (TPSA) is 71.5 Å². The Hall–Kier alpha value is -4.11. The molecule has 0 radical (unpaired) electrons. The summed E-state index contributed by atoms with van der Waals surface area (Å²) in [6.07, 6.45) is 7.07. The van der Waals surface area contributed by atoms with Crippen LogP contribution in [0.2, 0.25) is 0 Å². The van der Waals surface area contributed by atoms with Crippen LogP contribution in [0.25, 0.3) is 0 Å². The molecule has 0 aliphatic carbocycles. The van der Waals surface area contributed by atoms with Crippen molar-refractivity contribution in [3.8, 4) is 18.1 Å². The van der Waals surface area contributed by atoms with E-state index in [2.05, 4.69) is 16.2 Å². The lowest BCUT2D eigenvalue weighted by molar-refractivity contribution is -0.132. The smallest absolute Gasteiger partial charge is 0.298 e. The van der Waals surface area contributed by atoms with Gasteiger partial charge >= 0.3 is 0 Å². The molecule has 0 fully saturated rings. The second-order valence-electron chi connectivity index (χ2n) is 7.16. The van der Waals surface area contributed by atoms with Crippen molar-refractivity contribution < 1.29 is 14.3 Å². The molecule has 1 N–H and O–H groups in total. The number of carbonyl (C=O) groups excluding carboxylic acids is 2. The number of carbonyl (C=O) groups is 2. The molecule has 6 heteroatoms. The largest absolute Gasteiger partial charge is 0.497 e. The number of nitrogens with one attached hydrogen (secondary N) is 1. The van der Waals surface area contributed by atoms with Crippen molar-refractivity contribution in [3.05, 3.63) is 95.8 Å². The summed E-state index contributed by atoms with van der Waals surface area (Å²) in [6, 6.07) is 22.9. The SMILES string of the molecule is C#CC(=O)N(CC(=O)NCc1ccccn1)CC(c1ccccc1)c1ccc(OC)cc1. The van der Waals surface area contributed by atoms with Crippen LogP contribution in [0.5, 0.6) is 5.75 Å². The van der Waals surface area contributed by atoms with E-state index >= 15 is 0 Å². The van der Waals surface area contributed by atoms with Gasteiger partial charge < -0.3 is 15.0 Å². The number of ether oxygens (including phenoxy) is 1. The lowest BCUT2D eigenvalue weighted by Gasteiger charge is -2.26. The number of methoxy groups -OCH3 is 1. The number of hydrogen-bond donors (Lipinski definition) is 1. The predicted octanol–water partition coefficient (Wildman–Crippen LogP) is 3.00. The number of nitrogens with zero attached hydrogens (tertiary/aromatic N) is 2. The Bertz CT molecular complexity index is 1060. The van der Waals surface area contributed by atoms with Crippen LogP contribution in [0, 0.1) is 12.3 Å². The highest BCUT2D eigenvalue weighted by Gasteiger charge is 2.23. The lowest BCUT2D eigenvalue weighted by atomic mass is 9.90. The maximum Gasteiger partial charge on any atom is 0.298 e. The van der Waals surface area contributed by atoms with Gasteiger partial charge in [-0.15, -0.1) is 6.42 Å². The molecule has 0 aliphatic heterocycles. The zero-order valence-corrected chi connectivity index (χ0v) is 17.9. The molecule has 0 bridgehead atoms. The van der Waals surface area contributed by atoms with Gasteiger partial charge in [-0.25, -0.2) is 0 Å². The number of terminal acetylenes is 1. The molecule has 2 aromatic carbocycles. The van der Waals surface area contributed by atoms with Gasteiger partial charge in [-0.2, -0.15) is 0 Å². The van der Waals surface area contributed by atoms with E-state index in [4.69, 9.17) is 11.2 Å². The van der Waals surface area contributed by atoms with Crippen LogP contribution in [0.3, 0.4) is 0 Å². The normalized spacial score (nSPS) is 11.1. The molecule has 162 valence electrons. The fourth-order valence-electron chi connectivity index (χ4n) is 3.38. The first-order valence-electron chi connectivity index (χ1n) is 10.2. The molecule has 0 aliphatic rings. The molecule has 0 saturated carbocycles. The van der Waals surface area contributed by atoms with E-state index < -0.39 is 5.91 Å². The number of aromatic nitrogens is 1. The fraction of sp³-hybridized carbons (Fsp3) is 0.192. The van der Waals surface area contributed by atoms with Gasteiger partial charge in [0, 0.05) is 18.7 Å². The van der Waals surface area contributed by atoms with Crippen molar-refractivity contribution in [2.45, 2.75) is 12.5 Å². The molecule has 3 aromatic rings. The number of hydrogen-bond acceptors (Lipinski definition) is 4. The highest BCUT2D eigenvalue weighted by Crippen LogP contribution is 2.27. The molecule has 0 spiro atoms. The first-order valence-corrected chi connectivity index (χ1v) is 10.2. The number of benzene rings is 2. The van der Waals surface area contributed by atoms with Crippen molar-refractivity contribution in [3.63, 3.8) is 0 Å². The average molecular weight is 428 g/mol. The first kappa shape index (κ1) is 22.6. The Morgan fingerprint density at radius 2 is 1.72 bits per heavy atom. The van der Waals surface area contributed by atoms with Gasteiger partial charge in [-0.1, -0.05) is 48.5 Å². The monoisotopic (exact) mass is 427 g/mol. The van der Waals surface area contributed by atoms with E-state index in [-0.39, 0.29) is 31.5 Å². The van der Waals surface area contributed by atoms with Crippen molar-refractivity contribution >= 4 is 11.8 Å². The lowest BCUT2D eigenvalue weighted by Crippen LogP contribution is -2.42. The Labute approximate surface area is 188 Å². The molecular formula is C26H25N3O3. The van der Waals surface area contributed by atoms with E-state index in [0.29, 0.717) is 0 Å². The Morgan fingerprint density at radius 1 is 1.03 bits per heavy atom. The quantitative estimate of drug-likeness (QED) is 0.533. The van der Waals surface area contributed by atoms with Gasteiger partial charge in [0.05, 0.1) is 19.3 Å². The predicted molar refractivity (Wildman–Crippen MR) is 123 cm³/mol. The van der Waals surface area contributed by atoms with Crippen LogP contribution in [0.15, 0.2) is 79.0 Å². The van der Waals surface area contributed by atoms with Crippen LogP contribution in [0.4, 0.5) is 0 Å². The standard InChI is InChI=1S/C26H25N3O3/c1-3-26(31)29(19-25(30)28-17-22-11-7-8-16-27-22)18-24(20-9-5-4-6-10-20)21-12-14-23(32-2)15-13-21/h1,4-16,24H,17-19H2,2H3,(H,28,30). The van der Waals surface area contributed by atoms with E-state index in [9.17, 15) is 9.59 Å². The first-order chi connectivity index (χ1) is 15.6. The van der Waals surface area contributed by atoms with Crippen molar-refractivity contribution in [1.29, 1.82) is 0 Å². The molecule has 0 saturated heterocycles. The average Bonchev–Trinajstić information content (AvgIpc) is 2.86. The minimum absolute atomic E-state index is 0.143. The summed E-state index contributed by atoms with van der Waals surface area (Å²) in [5.41, 5.74) is 2.73. The van der Waals surface area contributed by atoms with Crippen molar-refractivity contribution in [2.24, 2.45) is 0 Å². The Morgan fingerprint density at radius 3 is 2.34 bits per heavy atom. The molecule has 3 rings (SSSR count). The maximum absolute atomic E-state index is 12.6. The van der Waals surface area contributed by atoms with E-state index in [1.165, 1.54) is 4.90 Å².